The molecule has 10 heteroatoms. The Morgan fingerprint density at radius 2 is 1.97 bits per heavy atom. The van der Waals surface area contributed by atoms with Crippen molar-refractivity contribution in [1.82, 2.24) is 14.8 Å². The van der Waals surface area contributed by atoms with Gasteiger partial charge in [-0.25, -0.2) is 8.78 Å². The first-order valence-electron chi connectivity index (χ1n) is 11.9. The fourth-order valence-electron chi connectivity index (χ4n) is 5.69. The molecule has 2 N–H and O–H groups in total. The first-order valence-corrected chi connectivity index (χ1v) is 11.9. The number of carbonyl (C=O) groups is 2. The largest absolute Gasteiger partial charge is 0.503 e. The van der Waals surface area contributed by atoms with Crippen molar-refractivity contribution in [2.45, 2.75) is 76.4 Å². The Labute approximate surface area is 200 Å². The number of hydrogen-bond donors (Lipinski definition) is 2. The molecule has 3 heterocycles. The van der Waals surface area contributed by atoms with Gasteiger partial charge in [-0.3, -0.25) is 14.4 Å². The van der Waals surface area contributed by atoms with E-state index in [4.69, 9.17) is 4.74 Å². The number of rotatable bonds is 3. The monoisotopic (exact) mass is 487 g/mol. The summed E-state index contributed by atoms with van der Waals surface area (Å²) in [6, 6.07) is 2.82. The molecule has 1 aliphatic carbocycles. The molecule has 3 aliphatic rings. The zero-order valence-electron chi connectivity index (χ0n) is 19.4. The van der Waals surface area contributed by atoms with Crippen molar-refractivity contribution in [1.29, 1.82) is 0 Å². The Kier molecular flexibility index (Phi) is 5.86. The third-order valence-corrected chi connectivity index (χ3v) is 7.35. The number of pyridine rings is 1. The van der Waals surface area contributed by atoms with Crippen LogP contribution in [0.3, 0.4) is 0 Å². The van der Waals surface area contributed by atoms with Gasteiger partial charge in [0, 0.05) is 30.4 Å². The lowest BCUT2D eigenvalue weighted by Crippen LogP contribution is -2.62. The van der Waals surface area contributed by atoms with Gasteiger partial charge in [0.25, 0.3) is 11.8 Å². The van der Waals surface area contributed by atoms with E-state index in [1.54, 1.807) is 4.90 Å². The summed E-state index contributed by atoms with van der Waals surface area (Å²) in [4.78, 5) is 40.4. The minimum atomic E-state index is -0.991. The lowest BCUT2D eigenvalue weighted by Gasteiger charge is -2.53. The van der Waals surface area contributed by atoms with Crippen molar-refractivity contribution >= 4 is 11.8 Å². The Bertz CT molecular complexity index is 1250. The van der Waals surface area contributed by atoms with Gasteiger partial charge in [0.1, 0.15) is 17.2 Å². The second-order valence-electron chi connectivity index (χ2n) is 9.72. The number of ether oxygens (including phenoxy) is 1. The Morgan fingerprint density at radius 1 is 1.23 bits per heavy atom. The molecule has 2 aliphatic heterocycles. The van der Waals surface area contributed by atoms with E-state index in [-0.39, 0.29) is 41.6 Å². The fourth-order valence-corrected chi connectivity index (χ4v) is 5.69. The highest BCUT2D eigenvalue weighted by Gasteiger charge is 2.49. The van der Waals surface area contributed by atoms with Crippen LogP contribution < -0.4 is 10.7 Å². The second-order valence-corrected chi connectivity index (χ2v) is 9.72. The summed E-state index contributed by atoms with van der Waals surface area (Å²) in [5.74, 6) is -3.75. The number of hydrogen-bond acceptors (Lipinski definition) is 5. The molecule has 1 aromatic carbocycles. The predicted octanol–water partition coefficient (Wildman–Crippen LogP) is 3.06. The molecule has 2 atom stereocenters. The minimum Gasteiger partial charge on any atom is -0.503 e. The Balaban J connectivity index is 1.42. The van der Waals surface area contributed by atoms with Crippen LogP contribution in [0.15, 0.2) is 29.2 Å². The molecule has 1 spiro atoms. The van der Waals surface area contributed by atoms with E-state index >= 15 is 0 Å². The number of carbonyl (C=O) groups excluding carboxylic acids is 2. The van der Waals surface area contributed by atoms with E-state index in [2.05, 4.69) is 5.32 Å². The number of nitrogens with zero attached hydrogens (tertiary/aromatic N) is 2. The third-order valence-electron chi connectivity index (χ3n) is 7.35. The SMILES string of the molecule is C[C@@H]1CC2(CCCCC2)O[C@H]2Cn3cc(C(=O)NCc4ccc(F)cc4F)c(=O)c(O)c3C(=O)N12. The number of halogens is 2. The quantitative estimate of drug-likeness (QED) is 0.693. The average Bonchev–Trinajstić information content (AvgIpc) is 2.80. The van der Waals surface area contributed by atoms with Crippen LogP contribution in [0, 0.1) is 11.6 Å². The molecule has 2 amide bonds. The molecule has 5 rings (SSSR count). The molecule has 1 saturated heterocycles. The standard InChI is InChI=1S/C25H27F2N3O5/c1-14-10-25(7-3-2-4-8-25)35-19-13-29-12-17(21(31)22(32)20(29)24(34)30(14)19)23(33)28-11-15-5-6-16(26)9-18(15)27/h5-6,9,12,14,19,32H,2-4,7-8,10-11,13H2,1H3,(H,28,33)/t14-,19+/m1/s1. The first-order chi connectivity index (χ1) is 16.7. The van der Waals surface area contributed by atoms with Crippen LogP contribution in [0.25, 0.3) is 0 Å². The van der Waals surface area contributed by atoms with Crippen molar-refractivity contribution in [3.63, 3.8) is 0 Å². The van der Waals surface area contributed by atoms with Crippen LogP contribution in [0.4, 0.5) is 8.78 Å². The van der Waals surface area contributed by atoms with Gasteiger partial charge >= 0.3 is 0 Å². The molecule has 2 fully saturated rings. The van der Waals surface area contributed by atoms with Crippen LogP contribution in [0.1, 0.15) is 71.9 Å². The summed E-state index contributed by atoms with van der Waals surface area (Å²) in [6.07, 6.45) is 6.48. The van der Waals surface area contributed by atoms with Gasteiger partial charge in [0.2, 0.25) is 5.43 Å². The van der Waals surface area contributed by atoms with Crippen molar-refractivity contribution in [2.24, 2.45) is 0 Å². The Hall–Kier alpha value is -3.27. The topological polar surface area (TPSA) is 101 Å². The molecule has 2 aromatic rings. The molecule has 1 saturated carbocycles. The van der Waals surface area contributed by atoms with E-state index in [1.165, 1.54) is 16.8 Å². The third kappa shape index (κ3) is 4.09. The number of aromatic nitrogens is 1. The van der Waals surface area contributed by atoms with Gasteiger partial charge in [0.05, 0.1) is 12.1 Å². The fraction of sp³-hybridized carbons (Fsp3) is 0.480. The van der Waals surface area contributed by atoms with E-state index < -0.39 is 40.9 Å². The van der Waals surface area contributed by atoms with Crippen molar-refractivity contribution in [3.05, 3.63) is 63.1 Å². The number of aromatic hydroxyl groups is 1. The Morgan fingerprint density at radius 3 is 2.69 bits per heavy atom. The second kappa shape index (κ2) is 8.75. The number of amides is 2. The summed E-state index contributed by atoms with van der Waals surface area (Å²) < 4.78 is 34.9. The predicted molar refractivity (Wildman–Crippen MR) is 121 cm³/mol. The maximum Gasteiger partial charge on any atom is 0.276 e. The highest BCUT2D eigenvalue weighted by Crippen LogP contribution is 2.43. The van der Waals surface area contributed by atoms with Gasteiger partial charge < -0.3 is 24.6 Å². The molecular weight excluding hydrogens is 460 g/mol. The number of fused-ring (bicyclic) bond motifs is 2. The van der Waals surface area contributed by atoms with Crippen LogP contribution in [-0.4, -0.2) is 44.3 Å². The lowest BCUT2D eigenvalue weighted by molar-refractivity contribution is -0.216. The molecule has 8 nitrogen and oxygen atoms in total. The molecule has 0 bridgehead atoms. The molecular formula is C25H27F2N3O5. The highest BCUT2D eigenvalue weighted by atomic mass is 19.1. The summed E-state index contributed by atoms with van der Waals surface area (Å²) >= 11 is 0. The lowest BCUT2D eigenvalue weighted by atomic mass is 9.78. The van der Waals surface area contributed by atoms with Gasteiger partial charge in [-0.15, -0.1) is 0 Å². The van der Waals surface area contributed by atoms with Crippen LogP contribution in [-0.2, 0) is 17.8 Å². The molecule has 1 aromatic heterocycles. The minimum absolute atomic E-state index is 0.0372. The summed E-state index contributed by atoms with van der Waals surface area (Å²) in [5.41, 5.74) is -1.81. The zero-order chi connectivity index (χ0) is 24.9. The summed E-state index contributed by atoms with van der Waals surface area (Å²) in [6.45, 7) is 1.82. The normalized spacial score (nSPS) is 23.1. The highest BCUT2D eigenvalue weighted by molar-refractivity contribution is 5.99. The van der Waals surface area contributed by atoms with E-state index in [0.29, 0.717) is 12.5 Å². The van der Waals surface area contributed by atoms with Crippen LogP contribution in [0.5, 0.6) is 5.75 Å². The molecule has 0 unspecified atom stereocenters. The van der Waals surface area contributed by atoms with Gasteiger partial charge in [0.15, 0.2) is 17.7 Å². The van der Waals surface area contributed by atoms with Gasteiger partial charge in [-0.1, -0.05) is 25.3 Å². The zero-order valence-corrected chi connectivity index (χ0v) is 19.4. The van der Waals surface area contributed by atoms with Gasteiger partial charge in [-0.2, -0.15) is 0 Å². The van der Waals surface area contributed by atoms with E-state index in [9.17, 15) is 28.3 Å². The summed E-state index contributed by atoms with van der Waals surface area (Å²) in [5, 5.41) is 13.0. The maximum absolute atomic E-state index is 13.9. The summed E-state index contributed by atoms with van der Waals surface area (Å²) in [7, 11) is 0. The van der Waals surface area contributed by atoms with Gasteiger partial charge in [-0.05, 0) is 32.3 Å². The van der Waals surface area contributed by atoms with E-state index in [0.717, 1.165) is 38.2 Å². The van der Waals surface area contributed by atoms with Crippen LogP contribution >= 0.6 is 0 Å². The van der Waals surface area contributed by atoms with Crippen LogP contribution in [0.2, 0.25) is 0 Å². The maximum atomic E-state index is 13.9. The molecule has 186 valence electrons. The first kappa shape index (κ1) is 23.5. The molecule has 35 heavy (non-hydrogen) atoms. The van der Waals surface area contributed by atoms with Crippen molar-refractivity contribution in [2.75, 3.05) is 0 Å². The number of benzene rings is 1. The van der Waals surface area contributed by atoms with Crippen molar-refractivity contribution in [3.8, 4) is 5.75 Å². The molecule has 0 radical (unpaired) electrons. The average molecular weight is 488 g/mol. The smallest absolute Gasteiger partial charge is 0.276 e. The number of nitrogens with one attached hydrogen (secondary N) is 1. The van der Waals surface area contributed by atoms with E-state index in [1.807, 2.05) is 6.92 Å². The van der Waals surface area contributed by atoms with Crippen molar-refractivity contribution < 1.29 is 28.2 Å².